The van der Waals surface area contributed by atoms with Crippen LogP contribution in [0.15, 0.2) is 53.9 Å². The van der Waals surface area contributed by atoms with E-state index in [0.717, 1.165) is 29.0 Å². The number of nitrogens with one attached hydrogen (secondary N) is 1. The van der Waals surface area contributed by atoms with Gasteiger partial charge in [0.1, 0.15) is 16.5 Å². The van der Waals surface area contributed by atoms with Gasteiger partial charge in [0.15, 0.2) is 0 Å². The highest BCUT2D eigenvalue weighted by atomic mass is 35.5. The van der Waals surface area contributed by atoms with Crippen molar-refractivity contribution in [2.45, 2.75) is 19.3 Å². The Hall–Kier alpha value is -3.31. The Balaban J connectivity index is 1.63. The lowest BCUT2D eigenvalue weighted by Crippen LogP contribution is -2.30. The zero-order valence-electron chi connectivity index (χ0n) is 17.8. The van der Waals surface area contributed by atoms with Crippen molar-refractivity contribution in [2.75, 3.05) is 18.6 Å². The summed E-state index contributed by atoms with van der Waals surface area (Å²) < 4.78 is 45.7. The van der Waals surface area contributed by atoms with E-state index < -0.39 is 18.2 Å². The SMILES string of the molecule is COC(=O)N(Cc1nc(C(=O)NCCc2cccc(Cl)c2)cs1)c1ccc(OC(F)(F)F)cc1. The molecule has 0 unspecified atom stereocenters. The molecule has 0 bridgehead atoms. The first-order valence-corrected chi connectivity index (χ1v) is 11.1. The van der Waals surface area contributed by atoms with Gasteiger partial charge in [-0.3, -0.25) is 9.69 Å². The molecule has 0 spiro atoms. The maximum absolute atomic E-state index is 12.4. The fourth-order valence-electron chi connectivity index (χ4n) is 2.93. The minimum atomic E-state index is -4.82. The second-order valence-corrected chi connectivity index (χ2v) is 8.24. The number of nitrogens with zero attached hydrogens (tertiary/aromatic N) is 2. The second-order valence-electron chi connectivity index (χ2n) is 6.86. The van der Waals surface area contributed by atoms with Crippen molar-refractivity contribution in [1.82, 2.24) is 10.3 Å². The third-order valence-corrected chi connectivity index (χ3v) is 5.51. The van der Waals surface area contributed by atoms with Crippen LogP contribution in [-0.2, 0) is 17.7 Å². The number of rotatable bonds is 8. The first kappa shape index (κ1) is 25.3. The topological polar surface area (TPSA) is 80.8 Å². The van der Waals surface area contributed by atoms with E-state index in [-0.39, 0.29) is 23.8 Å². The number of halogens is 4. The molecule has 0 saturated carbocycles. The number of carbonyl (C=O) groups is 2. The van der Waals surface area contributed by atoms with Crippen molar-refractivity contribution in [3.05, 3.63) is 75.2 Å². The van der Waals surface area contributed by atoms with E-state index in [0.29, 0.717) is 23.0 Å². The van der Waals surface area contributed by atoms with Crippen LogP contribution in [0.4, 0.5) is 23.7 Å². The molecule has 0 aliphatic carbocycles. The monoisotopic (exact) mass is 513 g/mol. The van der Waals surface area contributed by atoms with Gasteiger partial charge in [-0.05, 0) is 48.4 Å². The molecule has 3 rings (SSSR count). The molecule has 1 heterocycles. The van der Waals surface area contributed by atoms with Gasteiger partial charge in [0.2, 0.25) is 0 Å². The van der Waals surface area contributed by atoms with Gasteiger partial charge < -0.3 is 14.8 Å². The van der Waals surface area contributed by atoms with E-state index in [4.69, 9.17) is 16.3 Å². The van der Waals surface area contributed by atoms with Gasteiger partial charge in [-0.2, -0.15) is 0 Å². The van der Waals surface area contributed by atoms with Gasteiger partial charge >= 0.3 is 12.5 Å². The smallest absolute Gasteiger partial charge is 0.452 e. The summed E-state index contributed by atoms with van der Waals surface area (Å²) in [7, 11) is 1.18. The van der Waals surface area contributed by atoms with Gasteiger partial charge in [0.05, 0.1) is 13.7 Å². The minimum absolute atomic E-state index is 0.0490. The quantitative estimate of drug-likeness (QED) is 0.434. The molecule has 0 atom stereocenters. The van der Waals surface area contributed by atoms with Gasteiger partial charge in [0, 0.05) is 22.6 Å². The molecule has 0 fully saturated rings. The van der Waals surface area contributed by atoms with Crippen molar-refractivity contribution in [3.8, 4) is 5.75 Å². The molecule has 0 aliphatic heterocycles. The van der Waals surface area contributed by atoms with E-state index in [1.54, 1.807) is 11.4 Å². The molecule has 1 aromatic heterocycles. The standard InChI is InChI=1S/C22H19ClF3N3O4S/c1-32-21(31)29(16-5-7-17(8-6-16)33-22(24,25)26)12-19-28-18(13-34-19)20(30)27-10-9-14-3-2-4-15(23)11-14/h2-8,11,13H,9-10,12H2,1H3,(H,27,30). The van der Waals surface area contributed by atoms with Crippen LogP contribution >= 0.6 is 22.9 Å². The van der Waals surface area contributed by atoms with Crippen molar-refractivity contribution in [3.63, 3.8) is 0 Å². The van der Waals surface area contributed by atoms with Gasteiger partial charge in [-0.25, -0.2) is 9.78 Å². The number of anilines is 1. The molecule has 34 heavy (non-hydrogen) atoms. The number of hydrogen-bond donors (Lipinski definition) is 1. The highest BCUT2D eigenvalue weighted by Crippen LogP contribution is 2.27. The number of ether oxygens (including phenoxy) is 2. The molecule has 2 amide bonds. The molecule has 12 heteroatoms. The first-order valence-electron chi connectivity index (χ1n) is 9.83. The zero-order valence-corrected chi connectivity index (χ0v) is 19.3. The van der Waals surface area contributed by atoms with Crippen molar-refractivity contribution < 1.29 is 32.2 Å². The number of hydrogen-bond acceptors (Lipinski definition) is 6. The summed E-state index contributed by atoms with van der Waals surface area (Å²) >= 11 is 7.11. The summed E-state index contributed by atoms with van der Waals surface area (Å²) in [6.45, 7) is 0.333. The maximum Gasteiger partial charge on any atom is 0.573 e. The summed E-state index contributed by atoms with van der Waals surface area (Å²) in [4.78, 5) is 30.1. The lowest BCUT2D eigenvalue weighted by atomic mass is 10.1. The van der Waals surface area contributed by atoms with Crippen LogP contribution in [0, 0.1) is 0 Å². The first-order chi connectivity index (χ1) is 16.1. The van der Waals surface area contributed by atoms with Crippen LogP contribution in [-0.4, -0.2) is 37.0 Å². The lowest BCUT2D eigenvalue weighted by molar-refractivity contribution is -0.274. The number of alkyl halides is 3. The second kappa shape index (κ2) is 11.2. The normalized spacial score (nSPS) is 11.1. The highest BCUT2D eigenvalue weighted by Gasteiger charge is 2.31. The Bertz CT molecular complexity index is 1140. The van der Waals surface area contributed by atoms with Crippen LogP contribution in [0.5, 0.6) is 5.75 Å². The lowest BCUT2D eigenvalue weighted by Gasteiger charge is -2.20. The molecule has 0 aliphatic rings. The molecule has 0 saturated heterocycles. The Kier molecular flexibility index (Phi) is 8.35. The van der Waals surface area contributed by atoms with Crippen LogP contribution in [0.1, 0.15) is 21.1 Å². The summed E-state index contributed by atoms with van der Waals surface area (Å²) in [5, 5.41) is 5.38. The van der Waals surface area contributed by atoms with E-state index in [9.17, 15) is 22.8 Å². The van der Waals surface area contributed by atoms with Crippen LogP contribution < -0.4 is 15.0 Å². The Morgan fingerprint density at radius 1 is 1.18 bits per heavy atom. The van der Waals surface area contributed by atoms with Crippen molar-refractivity contribution in [1.29, 1.82) is 0 Å². The Labute approximate surface area is 202 Å². The number of amides is 2. The van der Waals surface area contributed by atoms with E-state index in [1.807, 2.05) is 18.2 Å². The van der Waals surface area contributed by atoms with Crippen LogP contribution in [0.2, 0.25) is 5.02 Å². The zero-order chi connectivity index (χ0) is 24.7. The highest BCUT2D eigenvalue weighted by molar-refractivity contribution is 7.09. The molecule has 2 aromatic carbocycles. The predicted molar refractivity (Wildman–Crippen MR) is 121 cm³/mol. The summed E-state index contributed by atoms with van der Waals surface area (Å²) in [5.41, 5.74) is 1.43. The summed E-state index contributed by atoms with van der Waals surface area (Å²) in [6, 6.07) is 12.1. The Morgan fingerprint density at radius 3 is 2.56 bits per heavy atom. The third-order valence-electron chi connectivity index (χ3n) is 4.44. The van der Waals surface area contributed by atoms with Crippen LogP contribution in [0.25, 0.3) is 0 Å². The molecule has 0 radical (unpaired) electrons. The maximum atomic E-state index is 12.4. The van der Waals surface area contributed by atoms with Gasteiger partial charge in [-0.1, -0.05) is 23.7 Å². The van der Waals surface area contributed by atoms with Crippen molar-refractivity contribution in [2.24, 2.45) is 0 Å². The summed E-state index contributed by atoms with van der Waals surface area (Å²) in [5.74, 6) is -0.796. The number of carbonyl (C=O) groups excluding carboxylic acids is 2. The molecule has 7 nitrogen and oxygen atoms in total. The average molecular weight is 514 g/mol. The van der Waals surface area contributed by atoms with Crippen molar-refractivity contribution >= 4 is 40.6 Å². The third kappa shape index (κ3) is 7.35. The van der Waals surface area contributed by atoms with E-state index in [2.05, 4.69) is 15.0 Å². The number of benzene rings is 2. The molecule has 1 N–H and O–H groups in total. The van der Waals surface area contributed by atoms with Crippen LogP contribution in [0.3, 0.4) is 0 Å². The van der Waals surface area contributed by atoms with Gasteiger partial charge in [0.25, 0.3) is 5.91 Å². The number of aromatic nitrogens is 1. The largest absolute Gasteiger partial charge is 0.573 e. The number of thiazole rings is 1. The minimum Gasteiger partial charge on any atom is -0.452 e. The molecule has 180 valence electrons. The fourth-order valence-corrected chi connectivity index (χ4v) is 3.90. The fraction of sp³-hybridized carbons (Fsp3) is 0.227. The predicted octanol–water partition coefficient (Wildman–Crippen LogP) is 5.44. The molecule has 3 aromatic rings. The van der Waals surface area contributed by atoms with E-state index in [1.165, 1.54) is 24.1 Å². The molecular weight excluding hydrogens is 495 g/mol. The Morgan fingerprint density at radius 2 is 1.91 bits per heavy atom. The van der Waals surface area contributed by atoms with E-state index >= 15 is 0 Å². The number of methoxy groups -OCH3 is 1. The summed E-state index contributed by atoms with van der Waals surface area (Å²) in [6.07, 6.45) is -4.98. The average Bonchev–Trinajstić information content (AvgIpc) is 3.25. The van der Waals surface area contributed by atoms with Gasteiger partial charge in [-0.15, -0.1) is 24.5 Å². The molecular formula is C22H19ClF3N3O4S.